The van der Waals surface area contributed by atoms with Crippen LogP contribution in [0.2, 0.25) is 15.1 Å². The van der Waals surface area contributed by atoms with Crippen LogP contribution in [-0.4, -0.2) is 228 Å². The minimum Gasteiger partial charge on any atom is -0.480 e. The smallest absolute Gasteiger partial charge is 0.261 e. The first kappa shape index (κ1) is 64.7. The number of likely N-dealkylation sites (tertiary alicyclic amines) is 2. The third-order valence-electron chi connectivity index (χ3n) is 18.3. The summed E-state index contributed by atoms with van der Waals surface area (Å²) in [5.74, 6) is 0.702. The van der Waals surface area contributed by atoms with Gasteiger partial charge in [0, 0.05) is 83.0 Å². The van der Waals surface area contributed by atoms with Gasteiger partial charge in [-0.05, 0) is 107 Å². The number of nitrogens with zero attached hydrogens (tertiary/aromatic N) is 12. The zero-order valence-corrected chi connectivity index (χ0v) is 55.4. The molecule has 3 aromatic carbocycles. The number of H-pyrrole nitrogens is 3. The highest BCUT2D eigenvalue weighted by molar-refractivity contribution is 7.91. The van der Waals surface area contributed by atoms with Crippen LogP contribution in [0.25, 0.3) is 67.3 Å². The molecule has 15 rings (SSSR count). The molecule has 492 valence electrons. The normalized spacial score (nSPS) is 18.7. The minimum atomic E-state index is -2.98. The molecule has 6 aromatic heterocycles. The van der Waals surface area contributed by atoms with Gasteiger partial charge in [-0.2, -0.15) is 0 Å². The summed E-state index contributed by atoms with van der Waals surface area (Å²) in [5, 5.41) is 1.28. The molecular weight excluding hydrogens is 1310 g/mol. The van der Waals surface area contributed by atoms with Gasteiger partial charge in [-0.3, -0.25) is 58.2 Å². The van der Waals surface area contributed by atoms with E-state index in [1.807, 2.05) is 4.90 Å². The summed E-state index contributed by atoms with van der Waals surface area (Å²) in [6.45, 7) is 10.0. The lowest BCUT2D eigenvalue weighted by molar-refractivity contribution is 0.0619. The molecule has 3 N–H and O–H groups in total. The molecule has 3 fully saturated rings. The highest BCUT2D eigenvalue weighted by Crippen LogP contribution is 2.39. The molecule has 0 saturated carbocycles. The number of aromatic amines is 3. The Morgan fingerprint density at radius 1 is 0.453 bits per heavy atom. The molecule has 9 aromatic rings. The maximum atomic E-state index is 13.0. The van der Waals surface area contributed by atoms with Crippen molar-refractivity contribution in [2.24, 2.45) is 0 Å². The number of nitrogens with one attached hydrogen (secondary N) is 3. The first-order chi connectivity index (χ1) is 45.7. The number of imidazole rings is 3. The lowest BCUT2D eigenvalue weighted by atomic mass is 10.1. The molecule has 95 heavy (non-hydrogen) atoms. The first-order valence-corrected chi connectivity index (χ1v) is 33.9. The van der Waals surface area contributed by atoms with Crippen LogP contribution in [0, 0.1) is 0 Å². The maximum absolute atomic E-state index is 13.0. The fourth-order valence-corrected chi connectivity index (χ4v) is 15.0. The van der Waals surface area contributed by atoms with Crippen LogP contribution in [0.5, 0.6) is 17.6 Å². The summed E-state index contributed by atoms with van der Waals surface area (Å²) in [4.78, 5) is 124. The van der Waals surface area contributed by atoms with E-state index in [1.54, 1.807) is 67.0 Å². The zero-order valence-electron chi connectivity index (χ0n) is 52.3. The van der Waals surface area contributed by atoms with E-state index in [9.17, 15) is 37.2 Å². The summed E-state index contributed by atoms with van der Waals surface area (Å²) in [6.07, 6.45) is 9.27. The van der Waals surface area contributed by atoms with Crippen LogP contribution >= 0.6 is 34.8 Å². The van der Waals surface area contributed by atoms with Crippen LogP contribution < -0.4 is 14.2 Å². The molecule has 6 aliphatic rings. The number of pyridine rings is 3. The second kappa shape index (κ2) is 26.3. The number of sulfone groups is 1. The molecular formula is C65H64Cl3N15O11S. The van der Waals surface area contributed by atoms with Crippen molar-refractivity contribution >= 4 is 113 Å². The number of carbonyl (C=O) groups is 6. The highest BCUT2D eigenvalue weighted by atomic mass is 35.5. The summed E-state index contributed by atoms with van der Waals surface area (Å²) in [6, 6.07) is 15.8. The molecule has 0 aliphatic carbocycles. The number of halogens is 3. The Morgan fingerprint density at radius 3 is 1.05 bits per heavy atom. The Bertz CT molecular complexity index is 4390. The molecule has 30 heteroatoms. The van der Waals surface area contributed by atoms with Crippen LogP contribution in [0.15, 0.2) is 73.2 Å². The number of benzene rings is 3. The van der Waals surface area contributed by atoms with Crippen LogP contribution in [0.3, 0.4) is 0 Å². The van der Waals surface area contributed by atoms with Gasteiger partial charge in [0.1, 0.15) is 17.5 Å². The van der Waals surface area contributed by atoms with Gasteiger partial charge in [-0.1, -0.05) is 34.8 Å². The number of hydrogen-bond acceptors (Lipinski definition) is 20. The minimum absolute atomic E-state index is 0.0968. The van der Waals surface area contributed by atoms with Crippen LogP contribution in [0.1, 0.15) is 102 Å². The van der Waals surface area contributed by atoms with Gasteiger partial charge in [0.05, 0.1) is 131 Å². The second-order valence-corrected chi connectivity index (χ2v) is 27.4. The van der Waals surface area contributed by atoms with Gasteiger partial charge in [-0.25, -0.2) is 38.3 Å². The Morgan fingerprint density at radius 2 is 0.758 bits per heavy atom. The van der Waals surface area contributed by atoms with Crippen molar-refractivity contribution in [2.75, 3.05) is 98.3 Å². The van der Waals surface area contributed by atoms with E-state index in [0.717, 1.165) is 38.8 Å². The van der Waals surface area contributed by atoms with Crippen molar-refractivity contribution in [1.82, 2.24) is 74.3 Å². The Balaban J connectivity index is 0.000000129. The van der Waals surface area contributed by atoms with Gasteiger partial charge < -0.3 is 29.2 Å². The molecule has 0 radical (unpaired) electrons. The van der Waals surface area contributed by atoms with E-state index in [4.69, 9.17) is 49.0 Å². The second-order valence-electron chi connectivity index (χ2n) is 23.9. The van der Waals surface area contributed by atoms with Crippen molar-refractivity contribution in [3.63, 3.8) is 0 Å². The number of imide groups is 3. The zero-order chi connectivity index (χ0) is 66.7. The number of methoxy groups -OCH3 is 3. The average molecular weight is 1370 g/mol. The first-order valence-electron chi connectivity index (χ1n) is 30.9. The molecule has 12 heterocycles. The van der Waals surface area contributed by atoms with Crippen molar-refractivity contribution in [3.8, 4) is 51.8 Å². The summed E-state index contributed by atoms with van der Waals surface area (Å²) in [7, 11) is 1.51. The third-order valence-corrected chi connectivity index (χ3v) is 20.8. The topological polar surface area (TPSA) is 308 Å². The fourth-order valence-electron chi connectivity index (χ4n) is 13.0. The molecule has 6 amide bonds. The van der Waals surface area contributed by atoms with E-state index in [-0.39, 0.29) is 59.1 Å². The summed E-state index contributed by atoms with van der Waals surface area (Å²) >= 11 is 19.0. The Labute approximate surface area is 559 Å². The largest absolute Gasteiger partial charge is 0.480 e. The number of hydrogen-bond donors (Lipinski definition) is 3. The SMILES string of the molecule is COc1nccc(Cl)c1-c1nc2cc3c(cc2[nH]1)C(=O)N(CCN1CCC[C@@H]1C)C3=O.COc1nccc(Cl)c1-c1nc2cc3c(cc2[nH]1)C(=O)N(CCN1CCC[C@H]1C)C3=O.COc1nccc(Cl)c1-c1nc2cc3c(cc2[nH]1)C(=O)N(CCN1CCS(=O)(=O)CC1)C3=O. The Kier molecular flexibility index (Phi) is 17.9. The van der Waals surface area contributed by atoms with E-state index < -0.39 is 9.84 Å². The lowest BCUT2D eigenvalue weighted by Crippen LogP contribution is -2.45. The summed E-state index contributed by atoms with van der Waals surface area (Å²) < 4.78 is 39.1. The van der Waals surface area contributed by atoms with Gasteiger partial charge in [0.2, 0.25) is 17.6 Å². The standard InChI is InChI=1S/2C22H22ClN5O3.C21H20ClN5O5S/c2*1-12-4-3-7-27(12)8-9-28-21(29)13-10-16-17(11-14(13)22(28)30)26-19(25-16)18-15(23)5-6-24-20(18)31-2;1-32-19-17(14(22)2-3-23-19)18-24-15-10-12-13(11-16(15)25-18)21(29)27(20(12)28)5-4-26-6-8-33(30,31)9-7-26/h2*5-6,10-12H,3-4,7-9H2,1-2H3,(H,25,26);2-3,10-11H,4-9H2,1H3,(H,24,25)/t2*12-;/m10./s1. The summed E-state index contributed by atoms with van der Waals surface area (Å²) in [5.41, 5.74) is 7.22. The van der Waals surface area contributed by atoms with Crippen molar-refractivity contribution in [2.45, 2.75) is 51.6 Å². The molecule has 0 spiro atoms. The van der Waals surface area contributed by atoms with Gasteiger partial charge >= 0.3 is 0 Å². The molecule has 2 atom stereocenters. The fraction of sp³-hybridized carbons (Fsp3) is 0.354. The van der Waals surface area contributed by atoms with E-state index >= 15 is 0 Å². The third kappa shape index (κ3) is 12.3. The average Bonchev–Trinajstić information content (AvgIpc) is 1.62. The van der Waals surface area contributed by atoms with E-state index in [0.29, 0.717) is 186 Å². The number of carbonyl (C=O) groups excluding carboxylic acids is 6. The van der Waals surface area contributed by atoms with Gasteiger partial charge in [-0.15, -0.1) is 0 Å². The van der Waals surface area contributed by atoms with Crippen molar-refractivity contribution in [1.29, 1.82) is 0 Å². The monoisotopic (exact) mass is 1370 g/mol. The maximum Gasteiger partial charge on any atom is 0.261 e. The number of rotatable bonds is 15. The number of ether oxygens (including phenoxy) is 3. The van der Waals surface area contributed by atoms with Crippen molar-refractivity contribution < 1.29 is 51.4 Å². The quantitative estimate of drug-likeness (QED) is 0.0812. The molecule has 0 bridgehead atoms. The van der Waals surface area contributed by atoms with Gasteiger partial charge in [0.15, 0.2) is 9.84 Å². The van der Waals surface area contributed by atoms with Crippen LogP contribution in [0.4, 0.5) is 0 Å². The van der Waals surface area contributed by atoms with Crippen molar-refractivity contribution in [3.05, 3.63) is 122 Å². The lowest BCUT2D eigenvalue weighted by Gasteiger charge is -2.27. The number of aromatic nitrogens is 9. The molecule has 3 saturated heterocycles. The molecule has 26 nitrogen and oxygen atoms in total. The predicted molar refractivity (Wildman–Crippen MR) is 354 cm³/mol. The highest BCUT2D eigenvalue weighted by Gasteiger charge is 2.40. The predicted octanol–water partition coefficient (Wildman–Crippen LogP) is 8.35. The van der Waals surface area contributed by atoms with E-state index in [1.165, 1.54) is 42.2 Å². The van der Waals surface area contributed by atoms with Crippen LogP contribution in [-0.2, 0) is 9.84 Å². The Hall–Kier alpha value is -8.96. The number of amides is 6. The number of fused-ring (bicyclic) bond motifs is 6. The molecule has 6 aliphatic heterocycles. The molecule has 0 unspecified atom stereocenters. The van der Waals surface area contributed by atoms with E-state index in [2.05, 4.69) is 68.5 Å². The van der Waals surface area contributed by atoms with Gasteiger partial charge in [0.25, 0.3) is 35.4 Å².